The van der Waals surface area contributed by atoms with Crippen LogP contribution in [0.1, 0.15) is 13.8 Å². The first-order valence-corrected chi connectivity index (χ1v) is 7.84. The number of rotatable bonds is 8. The van der Waals surface area contributed by atoms with Crippen LogP contribution in [-0.2, 0) is 9.53 Å². The molecule has 0 aromatic rings. The number of hydrogen-bond donors (Lipinski definition) is 1. The molecule has 1 saturated heterocycles. The van der Waals surface area contributed by atoms with Crippen LogP contribution in [-0.4, -0.2) is 99.8 Å². The first-order valence-electron chi connectivity index (χ1n) is 7.84. The van der Waals surface area contributed by atoms with Crippen LogP contribution >= 0.6 is 0 Å². The molecule has 1 atom stereocenters. The maximum absolute atomic E-state index is 12.0. The molecular weight excluding hydrogens is 268 g/mol. The molecule has 0 aromatic heterocycles. The molecule has 6 heteroatoms. The van der Waals surface area contributed by atoms with Gasteiger partial charge in [0.05, 0.1) is 7.11 Å². The summed E-state index contributed by atoms with van der Waals surface area (Å²) in [5.41, 5.74) is -0.616. The number of nitrogens with one attached hydrogen (secondary N) is 1. The van der Waals surface area contributed by atoms with Crippen molar-refractivity contribution >= 4 is 5.97 Å². The smallest absolute Gasteiger partial charge is 0.327 e. The quantitative estimate of drug-likeness (QED) is 0.622. The summed E-state index contributed by atoms with van der Waals surface area (Å²) in [5.74, 6) is -0.181. The van der Waals surface area contributed by atoms with Crippen LogP contribution in [0.4, 0.5) is 0 Å². The number of methoxy groups -OCH3 is 1. The van der Waals surface area contributed by atoms with Crippen LogP contribution in [0.15, 0.2) is 0 Å². The van der Waals surface area contributed by atoms with E-state index < -0.39 is 5.54 Å². The summed E-state index contributed by atoms with van der Waals surface area (Å²) < 4.78 is 4.95. The van der Waals surface area contributed by atoms with Gasteiger partial charge < -0.3 is 15.0 Å². The molecule has 1 rings (SSSR count). The molecule has 1 N–H and O–H groups in total. The first-order chi connectivity index (χ1) is 9.91. The van der Waals surface area contributed by atoms with Crippen LogP contribution in [0, 0.1) is 0 Å². The predicted octanol–water partition coefficient (Wildman–Crippen LogP) is -0.293. The molecule has 1 unspecified atom stereocenters. The van der Waals surface area contributed by atoms with Gasteiger partial charge in [-0.25, -0.2) is 0 Å². The Morgan fingerprint density at radius 2 is 1.81 bits per heavy atom. The molecule has 0 aliphatic carbocycles. The zero-order valence-electron chi connectivity index (χ0n) is 14.3. The van der Waals surface area contributed by atoms with Crippen molar-refractivity contribution in [2.24, 2.45) is 0 Å². The molecule has 0 amide bonds. The molecule has 1 heterocycles. The molecule has 1 fully saturated rings. The second-order valence-corrected chi connectivity index (χ2v) is 6.28. The maximum atomic E-state index is 12.0. The van der Waals surface area contributed by atoms with Crippen molar-refractivity contribution in [1.29, 1.82) is 0 Å². The third kappa shape index (κ3) is 5.90. The summed E-state index contributed by atoms with van der Waals surface area (Å²) in [6.07, 6.45) is 0. The lowest BCUT2D eigenvalue weighted by atomic mass is 10.0. The number of hydrogen-bond acceptors (Lipinski definition) is 6. The van der Waals surface area contributed by atoms with Gasteiger partial charge in [-0.15, -0.1) is 0 Å². The second kappa shape index (κ2) is 8.68. The number of nitrogens with zero attached hydrogens (tertiary/aromatic N) is 3. The van der Waals surface area contributed by atoms with E-state index in [1.165, 1.54) is 7.11 Å². The zero-order valence-corrected chi connectivity index (χ0v) is 14.3. The summed E-state index contributed by atoms with van der Waals surface area (Å²) in [5, 5.41) is 3.27. The van der Waals surface area contributed by atoms with Gasteiger partial charge in [-0.3, -0.25) is 14.6 Å². The SMILES string of the molecule is CCNC(C)(CN1CCN(CCN(C)C)CC1)C(=O)OC. The minimum atomic E-state index is -0.616. The molecule has 0 spiro atoms. The lowest BCUT2D eigenvalue weighted by molar-refractivity contribution is -0.149. The summed E-state index contributed by atoms with van der Waals surface area (Å²) in [4.78, 5) is 19.1. The molecule has 124 valence electrons. The summed E-state index contributed by atoms with van der Waals surface area (Å²) >= 11 is 0. The highest BCUT2D eigenvalue weighted by Crippen LogP contribution is 2.12. The van der Waals surface area contributed by atoms with Crippen molar-refractivity contribution in [1.82, 2.24) is 20.0 Å². The average Bonchev–Trinajstić information content (AvgIpc) is 2.45. The molecule has 21 heavy (non-hydrogen) atoms. The molecule has 0 aromatic carbocycles. The van der Waals surface area contributed by atoms with E-state index in [0.717, 1.165) is 45.8 Å². The third-order valence-corrected chi connectivity index (χ3v) is 4.07. The zero-order chi connectivity index (χ0) is 15.9. The highest BCUT2D eigenvalue weighted by atomic mass is 16.5. The molecule has 0 saturated carbocycles. The highest BCUT2D eigenvalue weighted by Gasteiger charge is 2.36. The Balaban J connectivity index is 2.44. The average molecular weight is 300 g/mol. The van der Waals surface area contributed by atoms with Gasteiger partial charge in [0.2, 0.25) is 0 Å². The Morgan fingerprint density at radius 3 is 2.29 bits per heavy atom. The molecule has 1 aliphatic heterocycles. The number of carbonyl (C=O) groups is 1. The fraction of sp³-hybridized carbons (Fsp3) is 0.933. The minimum Gasteiger partial charge on any atom is -0.468 e. The minimum absolute atomic E-state index is 0.181. The fourth-order valence-corrected chi connectivity index (χ4v) is 2.77. The van der Waals surface area contributed by atoms with Gasteiger partial charge in [0.15, 0.2) is 0 Å². The van der Waals surface area contributed by atoms with Crippen molar-refractivity contribution in [3.63, 3.8) is 0 Å². The van der Waals surface area contributed by atoms with Gasteiger partial charge in [0, 0.05) is 45.8 Å². The Kier molecular flexibility index (Phi) is 7.59. The van der Waals surface area contributed by atoms with Crippen molar-refractivity contribution in [2.45, 2.75) is 19.4 Å². The van der Waals surface area contributed by atoms with E-state index in [0.29, 0.717) is 6.54 Å². The van der Waals surface area contributed by atoms with E-state index in [-0.39, 0.29) is 5.97 Å². The molecule has 1 aliphatic rings. The van der Waals surface area contributed by atoms with Crippen LogP contribution in [0.25, 0.3) is 0 Å². The summed E-state index contributed by atoms with van der Waals surface area (Å²) in [7, 11) is 5.67. The first kappa shape index (κ1) is 18.4. The number of likely N-dealkylation sites (N-methyl/N-ethyl adjacent to an activating group) is 2. The highest BCUT2D eigenvalue weighted by molar-refractivity contribution is 5.80. The Bertz CT molecular complexity index is 317. The van der Waals surface area contributed by atoms with E-state index >= 15 is 0 Å². The van der Waals surface area contributed by atoms with Crippen LogP contribution in [0.2, 0.25) is 0 Å². The Morgan fingerprint density at radius 1 is 1.24 bits per heavy atom. The van der Waals surface area contributed by atoms with Crippen LogP contribution < -0.4 is 5.32 Å². The lowest BCUT2D eigenvalue weighted by Gasteiger charge is -2.39. The van der Waals surface area contributed by atoms with Gasteiger partial charge in [0.1, 0.15) is 5.54 Å². The lowest BCUT2D eigenvalue weighted by Crippen LogP contribution is -2.60. The van der Waals surface area contributed by atoms with E-state index in [4.69, 9.17) is 4.74 Å². The van der Waals surface area contributed by atoms with Crippen molar-refractivity contribution < 1.29 is 9.53 Å². The van der Waals surface area contributed by atoms with Crippen LogP contribution in [0.5, 0.6) is 0 Å². The van der Waals surface area contributed by atoms with Crippen LogP contribution in [0.3, 0.4) is 0 Å². The van der Waals surface area contributed by atoms with Crippen molar-refractivity contribution in [3.8, 4) is 0 Å². The van der Waals surface area contributed by atoms with Gasteiger partial charge in [-0.2, -0.15) is 0 Å². The Hall–Kier alpha value is -0.690. The third-order valence-electron chi connectivity index (χ3n) is 4.07. The molecular formula is C15H32N4O2. The number of carbonyl (C=O) groups excluding carboxylic acids is 1. The topological polar surface area (TPSA) is 48.0 Å². The maximum Gasteiger partial charge on any atom is 0.327 e. The number of piperazine rings is 1. The summed E-state index contributed by atoms with van der Waals surface area (Å²) in [6.45, 7) is 11.8. The molecule has 0 radical (unpaired) electrons. The van der Waals surface area contributed by atoms with Gasteiger partial charge >= 0.3 is 5.97 Å². The second-order valence-electron chi connectivity index (χ2n) is 6.28. The van der Waals surface area contributed by atoms with E-state index in [2.05, 4.69) is 34.1 Å². The molecule has 0 bridgehead atoms. The largest absolute Gasteiger partial charge is 0.468 e. The van der Waals surface area contributed by atoms with E-state index in [1.807, 2.05) is 13.8 Å². The molecule has 6 nitrogen and oxygen atoms in total. The van der Waals surface area contributed by atoms with E-state index in [9.17, 15) is 4.79 Å². The normalized spacial score (nSPS) is 20.5. The standard InChI is InChI=1S/C15H32N4O2/c1-6-16-15(2,14(20)21-5)13-19-11-9-18(10-12-19)8-7-17(3)4/h16H,6-13H2,1-5H3. The summed E-state index contributed by atoms with van der Waals surface area (Å²) in [6, 6.07) is 0. The number of esters is 1. The van der Waals surface area contributed by atoms with Gasteiger partial charge in [-0.1, -0.05) is 6.92 Å². The fourth-order valence-electron chi connectivity index (χ4n) is 2.77. The van der Waals surface area contributed by atoms with Gasteiger partial charge in [0.25, 0.3) is 0 Å². The Labute approximate surface area is 129 Å². The van der Waals surface area contributed by atoms with Crippen molar-refractivity contribution in [2.75, 3.05) is 73.6 Å². The van der Waals surface area contributed by atoms with E-state index in [1.54, 1.807) is 0 Å². The predicted molar refractivity (Wildman–Crippen MR) is 85.5 cm³/mol. The van der Waals surface area contributed by atoms with Crippen molar-refractivity contribution in [3.05, 3.63) is 0 Å². The monoisotopic (exact) mass is 300 g/mol. The van der Waals surface area contributed by atoms with Gasteiger partial charge in [-0.05, 0) is 27.6 Å². The number of ether oxygens (including phenoxy) is 1.